The Labute approximate surface area is 145 Å². The Morgan fingerprint density at radius 2 is 2.04 bits per heavy atom. The third-order valence-corrected chi connectivity index (χ3v) is 5.18. The van der Waals surface area contributed by atoms with E-state index in [-0.39, 0.29) is 22.8 Å². The Bertz CT molecular complexity index is 721. The predicted molar refractivity (Wildman–Crippen MR) is 95.7 cm³/mol. The van der Waals surface area contributed by atoms with Crippen LogP contribution in [-0.4, -0.2) is 27.8 Å². The lowest BCUT2D eigenvalue weighted by Gasteiger charge is -2.12. The summed E-state index contributed by atoms with van der Waals surface area (Å²) in [5.41, 5.74) is 3.04. The Morgan fingerprint density at radius 1 is 1.25 bits per heavy atom. The molecule has 3 rings (SSSR count). The van der Waals surface area contributed by atoms with E-state index in [1.807, 2.05) is 36.4 Å². The standard InChI is InChI=1S/C18H19N3O2S/c22-17(20-11-13-7-9-19-10-8-13)12-24-16-6-5-14-3-1-2-4-15(14)21-18(16)23/h1-4,7-10,16H,5-6,11-12H2,(H,20,22)(H,21,23). The lowest BCUT2D eigenvalue weighted by Crippen LogP contribution is -2.29. The molecule has 5 nitrogen and oxygen atoms in total. The summed E-state index contributed by atoms with van der Waals surface area (Å²) in [6.45, 7) is 0.476. The van der Waals surface area contributed by atoms with E-state index in [2.05, 4.69) is 15.6 Å². The van der Waals surface area contributed by atoms with Gasteiger partial charge in [-0.1, -0.05) is 18.2 Å². The molecule has 1 aliphatic rings. The van der Waals surface area contributed by atoms with Crippen molar-refractivity contribution in [3.05, 3.63) is 59.9 Å². The summed E-state index contributed by atoms with van der Waals surface area (Å²) >= 11 is 1.40. The number of para-hydroxylation sites is 1. The molecule has 24 heavy (non-hydrogen) atoms. The first-order valence-electron chi connectivity index (χ1n) is 7.88. The third-order valence-electron chi connectivity index (χ3n) is 3.90. The molecule has 2 aromatic rings. The van der Waals surface area contributed by atoms with Gasteiger partial charge in [-0.25, -0.2) is 0 Å². The van der Waals surface area contributed by atoms with Gasteiger partial charge in [0.15, 0.2) is 0 Å². The molecule has 2 amide bonds. The lowest BCUT2D eigenvalue weighted by atomic mass is 10.1. The summed E-state index contributed by atoms with van der Waals surface area (Å²) < 4.78 is 0. The minimum Gasteiger partial charge on any atom is -0.351 e. The summed E-state index contributed by atoms with van der Waals surface area (Å²) in [6, 6.07) is 11.6. The summed E-state index contributed by atoms with van der Waals surface area (Å²) in [5, 5.41) is 5.62. The number of hydrogen-bond acceptors (Lipinski definition) is 4. The molecule has 0 saturated carbocycles. The van der Waals surface area contributed by atoms with Crippen LogP contribution in [0.4, 0.5) is 5.69 Å². The van der Waals surface area contributed by atoms with Gasteiger partial charge in [-0.05, 0) is 42.2 Å². The topological polar surface area (TPSA) is 71.1 Å². The first-order valence-corrected chi connectivity index (χ1v) is 8.93. The minimum absolute atomic E-state index is 0.0214. The maximum Gasteiger partial charge on any atom is 0.237 e. The largest absolute Gasteiger partial charge is 0.351 e. The van der Waals surface area contributed by atoms with Gasteiger partial charge in [0.2, 0.25) is 11.8 Å². The Balaban J connectivity index is 1.48. The maximum absolute atomic E-state index is 12.3. The van der Waals surface area contributed by atoms with Crippen LogP contribution in [0.5, 0.6) is 0 Å². The number of fused-ring (bicyclic) bond motifs is 1. The molecule has 6 heteroatoms. The van der Waals surface area contributed by atoms with Crippen molar-refractivity contribution in [3.8, 4) is 0 Å². The number of nitrogens with zero attached hydrogens (tertiary/aromatic N) is 1. The number of thioether (sulfide) groups is 1. The summed E-state index contributed by atoms with van der Waals surface area (Å²) in [5.74, 6) is 0.192. The van der Waals surface area contributed by atoms with Crippen LogP contribution in [0.2, 0.25) is 0 Å². The fourth-order valence-electron chi connectivity index (χ4n) is 2.58. The number of aryl methyl sites for hydroxylation is 1. The molecular formula is C18H19N3O2S. The zero-order chi connectivity index (χ0) is 16.8. The number of carbonyl (C=O) groups is 2. The average Bonchev–Trinajstić information content (AvgIpc) is 2.77. The van der Waals surface area contributed by atoms with E-state index in [4.69, 9.17) is 0 Å². The molecule has 1 aliphatic heterocycles. The molecule has 0 radical (unpaired) electrons. The highest BCUT2D eigenvalue weighted by Gasteiger charge is 2.24. The van der Waals surface area contributed by atoms with Crippen molar-refractivity contribution in [1.29, 1.82) is 0 Å². The van der Waals surface area contributed by atoms with Gasteiger partial charge in [0.05, 0.1) is 11.0 Å². The van der Waals surface area contributed by atoms with E-state index in [0.29, 0.717) is 6.54 Å². The van der Waals surface area contributed by atoms with Gasteiger partial charge in [0.1, 0.15) is 0 Å². The smallest absolute Gasteiger partial charge is 0.237 e. The number of carbonyl (C=O) groups excluding carboxylic acids is 2. The van der Waals surface area contributed by atoms with Crippen LogP contribution in [0.1, 0.15) is 17.5 Å². The van der Waals surface area contributed by atoms with Crippen molar-refractivity contribution in [2.75, 3.05) is 11.1 Å². The number of aromatic nitrogens is 1. The second-order valence-corrected chi connectivity index (χ2v) is 6.81. The molecule has 2 N–H and O–H groups in total. The SMILES string of the molecule is O=C(CSC1CCc2ccccc2NC1=O)NCc1ccncc1. The van der Waals surface area contributed by atoms with Crippen LogP contribution in [0.25, 0.3) is 0 Å². The number of nitrogens with one attached hydrogen (secondary N) is 2. The molecule has 1 aromatic heterocycles. The zero-order valence-electron chi connectivity index (χ0n) is 13.2. The van der Waals surface area contributed by atoms with Crippen LogP contribution in [0.3, 0.4) is 0 Å². The van der Waals surface area contributed by atoms with Crippen LogP contribution >= 0.6 is 11.8 Å². The highest BCUT2D eigenvalue weighted by Crippen LogP contribution is 2.26. The average molecular weight is 341 g/mol. The number of amides is 2. The summed E-state index contributed by atoms with van der Waals surface area (Å²) in [4.78, 5) is 28.2. The van der Waals surface area contributed by atoms with Crippen LogP contribution in [0.15, 0.2) is 48.8 Å². The molecule has 0 spiro atoms. The highest BCUT2D eigenvalue weighted by atomic mass is 32.2. The quantitative estimate of drug-likeness (QED) is 0.876. The first-order chi connectivity index (χ1) is 11.7. The second-order valence-electron chi connectivity index (χ2n) is 5.62. The molecule has 0 fully saturated rings. The molecule has 1 aromatic carbocycles. The van der Waals surface area contributed by atoms with Crippen molar-refractivity contribution >= 4 is 29.3 Å². The molecule has 1 unspecified atom stereocenters. The van der Waals surface area contributed by atoms with Gasteiger partial charge < -0.3 is 10.6 Å². The Morgan fingerprint density at radius 3 is 2.88 bits per heavy atom. The van der Waals surface area contributed by atoms with Crippen LogP contribution in [0, 0.1) is 0 Å². The Hall–Kier alpha value is -2.34. The van der Waals surface area contributed by atoms with Gasteiger partial charge in [-0.3, -0.25) is 14.6 Å². The maximum atomic E-state index is 12.3. The van der Waals surface area contributed by atoms with E-state index in [0.717, 1.165) is 29.7 Å². The fourth-order valence-corrected chi connectivity index (χ4v) is 3.53. The first kappa shape index (κ1) is 16.5. The molecule has 0 aliphatic carbocycles. The molecule has 0 saturated heterocycles. The van der Waals surface area contributed by atoms with E-state index in [9.17, 15) is 9.59 Å². The second kappa shape index (κ2) is 7.97. The van der Waals surface area contributed by atoms with Crippen molar-refractivity contribution < 1.29 is 9.59 Å². The highest BCUT2D eigenvalue weighted by molar-refractivity contribution is 8.01. The number of rotatable bonds is 5. The van der Waals surface area contributed by atoms with Gasteiger partial charge in [0, 0.05) is 24.6 Å². The Kier molecular flexibility index (Phi) is 5.48. The van der Waals surface area contributed by atoms with Crippen molar-refractivity contribution in [1.82, 2.24) is 10.3 Å². The fraction of sp³-hybridized carbons (Fsp3) is 0.278. The molecule has 124 valence electrons. The number of hydrogen-bond donors (Lipinski definition) is 2. The van der Waals surface area contributed by atoms with Crippen LogP contribution < -0.4 is 10.6 Å². The van der Waals surface area contributed by atoms with Crippen molar-refractivity contribution in [2.24, 2.45) is 0 Å². The number of pyridine rings is 1. The minimum atomic E-state index is -0.205. The zero-order valence-corrected chi connectivity index (χ0v) is 14.0. The summed E-state index contributed by atoms with van der Waals surface area (Å²) in [6.07, 6.45) is 4.98. The number of benzene rings is 1. The number of anilines is 1. The van der Waals surface area contributed by atoms with E-state index in [1.54, 1.807) is 12.4 Å². The van der Waals surface area contributed by atoms with E-state index < -0.39 is 0 Å². The van der Waals surface area contributed by atoms with Gasteiger partial charge in [0.25, 0.3) is 0 Å². The predicted octanol–water partition coefficient (Wildman–Crippen LogP) is 2.38. The normalized spacial score (nSPS) is 16.7. The van der Waals surface area contributed by atoms with E-state index >= 15 is 0 Å². The van der Waals surface area contributed by atoms with Crippen molar-refractivity contribution in [3.63, 3.8) is 0 Å². The molecular weight excluding hydrogens is 322 g/mol. The van der Waals surface area contributed by atoms with Gasteiger partial charge in [-0.2, -0.15) is 0 Å². The monoisotopic (exact) mass is 341 g/mol. The van der Waals surface area contributed by atoms with E-state index in [1.165, 1.54) is 11.8 Å². The van der Waals surface area contributed by atoms with Gasteiger partial charge in [-0.15, -0.1) is 11.8 Å². The third kappa shape index (κ3) is 4.35. The molecule has 1 atom stereocenters. The van der Waals surface area contributed by atoms with Gasteiger partial charge >= 0.3 is 0 Å². The molecule has 0 bridgehead atoms. The van der Waals surface area contributed by atoms with Crippen LogP contribution in [-0.2, 0) is 22.6 Å². The lowest BCUT2D eigenvalue weighted by molar-refractivity contribution is -0.118. The van der Waals surface area contributed by atoms with Crippen molar-refractivity contribution in [2.45, 2.75) is 24.6 Å². The summed E-state index contributed by atoms with van der Waals surface area (Å²) in [7, 11) is 0. The molecule has 2 heterocycles.